The first kappa shape index (κ1) is 15.2. The Hall–Kier alpha value is -2.66. The summed E-state index contributed by atoms with van der Waals surface area (Å²) in [6, 6.07) is 8.95. The third-order valence-electron chi connectivity index (χ3n) is 3.40. The van der Waals surface area contributed by atoms with Crippen LogP contribution >= 0.6 is 11.6 Å². The van der Waals surface area contributed by atoms with E-state index in [9.17, 15) is 4.79 Å². The standard InChI is InChI=1S/C17H15ClN4O/c1-22-11-14(10-21-22)13-6-12(7-19-9-13)8-20-17(23)15-4-2-3-5-16(15)18/h2-7,9-11H,8H2,1H3,(H,20,23). The molecule has 0 saturated heterocycles. The van der Waals surface area contributed by atoms with Gasteiger partial charge < -0.3 is 5.32 Å². The molecule has 0 aliphatic heterocycles. The maximum Gasteiger partial charge on any atom is 0.253 e. The van der Waals surface area contributed by atoms with E-state index >= 15 is 0 Å². The van der Waals surface area contributed by atoms with Crippen molar-refractivity contribution in [2.75, 3.05) is 0 Å². The molecule has 0 aliphatic carbocycles. The van der Waals surface area contributed by atoms with Gasteiger partial charge in [-0.3, -0.25) is 14.5 Å². The van der Waals surface area contributed by atoms with Crippen molar-refractivity contribution in [2.24, 2.45) is 7.05 Å². The van der Waals surface area contributed by atoms with E-state index in [1.807, 2.05) is 19.3 Å². The lowest BCUT2D eigenvalue weighted by atomic mass is 10.1. The van der Waals surface area contributed by atoms with E-state index in [0.717, 1.165) is 16.7 Å². The smallest absolute Gasteiger partial charge is 0.253 e. The third-order valence-corrected chi connectivity index (χ3v) is 3.73. The second-order valence-corrected chi connectivity index (χ2v) is 5.55. The molecule has 116 valence electrons. The monoisotopic (exact) mass is 326 g/mol. The highest BCUT2D eigenvalue weighted by Crippen LogP contribution is 2.18. The highest BCUT2D eigenvalue weighted by Gasteiger charge is 2.09. The van der Waals surface area contributed by atoms with Crippen molar-refractivity contribution in [3.63, 3.8) is 0 Å². The van der Waals surface area contributed by atoms with E-state index in [2.05, 4.69) is 15.4 Å². The molecule has 6 heteroatoms. The van der Waals surface area contributed by atoms with Gasteiger partial charge in [-0.25, -0.2) is 0 Å². The Morgan fingerprint density at radius 1 is 1.22 bits per heavy atom. The second kappa shape index (κ2) is 6.62. The summed E-state index contributed by atoms with van der Waals surface area (Å²) in [5, 5.41) is 7.44. The van der Waals surface area contributed by atoms with Crippen molar-refractivity contribution >= 4 is 17.5 Å². The van der Waals surface area contributed by atoms with Gasteiger partial charge in [-0.2, -0.15) is 5.10 Å². The third kappa shape index (κ3) is 3.57. The topological polar surface area (TPSA) is 59.8 Å². The Morgan fingerprint density at radius 3 is 2.78 bits per heavy atom. The van der Waals surface area contributed by atoms with Crippen LogP contribution in [0.1, 0.15) is 15.9 Å². The minimum Gasteiger partial charge on any atom is -0.348 e. The Balaban J connectivity index is 1.71. The largest absolute Gasteiger partial charge is 0.348 e. The predicted octanol–water partition coefficient (Wildman–Crippen LogP) is 3.07. The number of aryl methyl sites for hydroxylation is 1. The molecule has 5 nitrogen and oxygen atoms in total. The number of carbonyl (C=O) groups is 1. The Bertz CT molecular complexity index is 844. The molecule has 3 aromatic rings. The van der Waals surface area contributed by atoms with Crippen molar-refractivity contribution in [3.8, 4) is 11.1 Å². The molecular formula is C17H15ClN4O. The van der Waals surface area contributed by atoms with E-state index in [0.29, 0.717) is 17.1 Å². The zero-order valence-electron chi connectivity index (χ0n) is 12.5. The van der Waals surface area contributed by atoms with Crippen molar-refractivity contribution < 1.29 is 4.79 Å². The zero-order valence-corrected chi connectivity index (χ0v) is 13.3. The summed E-state index contributed by atoms with van der Waals surface area (Å²) in [7, 11) is 1.87. The number of amides is 1. The summed E-state index contributed by atoms with van der Waals surface area (Å²) in [5.41, 5.74) is 3.32. The summed E-state index contributed by atoms with van der Waals surface area (Å²) in [4.78, 5) is 16.4. The summed E-state index contributed by atoms with van der Waals surface area (Å²) in [6.45, 7) is 0.380. The van der Waals surface area contributed by atoms with Crippen molar-refractivity contribution in [1.29, 1.82) is 0 Å². The average Bonchev–Trinajstić information content (AvgIpc) is 3.00. The van der Waals surface area contributed by atoms with Crippen molar-refractivity contribution in [1.82, 2.24) is 20.1 Å². The first-order chi connectivity index (χ1) is 11.1. The number of nitrogens with zero attached hydrogens (tertiary/aromatic N) is 3. The Labute approximate surface area is 138 Å². The van der Waals surface area contributed by atoms with Crippen LogP contribution in [0.3, 0.4) is 0 Å². The van der Waals surface area contributed by atoms with Gasteiger partial charge in [0.25, 0.3) is 5.91 Å². The SMILES string of the molecule is Cn1cc(-c2cncc(CNC(=O)c3ccccc3Cl)c2)cn1. The number of pyridine rings is 1. The van der Waals surface area contributed by atoms with Crippen LogP contribution < -0.4 is 5.32 Å². The van der Waals surface area contributed by atoms with Crippen LogP contribution in [0.25, 0.3) is 11.1 Å². The van der Waals surface area contributed by atoms with Crippen LogP contribution in [0.4, 0.5) is 0 Å². The Morgan fingerprint density at radius 2 is 2.04 bits per heavy atom. The van der Waals surface area contributed by atoms with E-state index in [1.54, 1.807) is 47.5 Å². The molecule has 2 heterocycles. The molecular weight excluding hydrogens is 312 g/mol. The van der Waals surface area contributed by atoms with Gasteiger partial charge in [0.1, 0.15) is 0 Å². The average molecular weight is 327 g/mol. The molecule has 1 aromatic carbocycles. The summed E-state index contributed by atoms with van der Waals surface area (Å²) in [5.74, 6) is -0.206. The van der Waals surface area contributed by atoms with Crippen LogP contribution in [0.2, 0.25) is 5.02 Å². The van der Waals surface area contributed by atoms with Crippen LogP contribution in [-0.4, -0.2) is 20.7 Å². The lowest BCUT2D eigenvalue weighted by molar-refractivity contribution is 0.0951. The molecule has 2 aromatic heterocycles. The van der Waals surface area contributed by atoms with Crippen LogP contribution in [0.5, 0.6) is 0 Å². The van der Waals surface area contributed by atoms with Gasteiger partial charge in [-0.1, -0.05) is 23.7 Å². The van der Waals surface area contributed by atoms with Gasteiger partial charge in [0, 0.05) is 43.3 Å². The van der Waals surface area contributed by atoms with Gasteiger partial charge in [0.05, 0.1) is 16.8 Å². The van der Waals surface area contributed by atoms with Crippen LogP contribution in [0.15, 0.2) is 55.1 Å². The molecule has 0 fully saturated rings. The lowest BCUT2D eigenvalue weighted by Gasteiger charge is -2.07. The number of carbonyl (C=O) groups excluding carboxylic acids is 1. The number of rotatable bonds is 4. The van der Waals surface area contributed by atoms with Crippen LogP contribution in [-0.2, 0) is 13.6 Å². The molecule has 23 heavy (non-hydrogen) atoms. The quantitative estimate of drug-likeness (QED) is 0.801. The minimum atomic E-state index is -0.206. The predicted molar refractivity (Wildman–Crippen MR) is 89.1 cm³/mol. The number of benzene rings is 1. The van der Waals surface area contributed by atoms with E-state index in [1.165, 1.54) is 0 Å². The number of hydrogen-bond acceptors (Lipinski definition) is 3. The lowest BCUT2D eigenvalue weighted by Crippen LogP contribution is -2.23. The van der Waals surface area contributed by atoms with E-state index < -0.39 is 0 Å². The molecule has 0 spiro atoms. The van der Waals surface area contributed by atoms with E-state index in [4.69, 9.17) is 11.6 Å². The molecule has 0 saturated carbocycles. The van der Waals surface area contributed by atoms with Crippen molar-refractivity contribution in [3.05, 3.63) is 71.3 Å². The molecule has 0 unspecified atom stereocenters. The highest BCUT2D eigenvalue weighted by atomic mass is 35.5. The molecule has 0 aliphatic rings. The normalized spacial score (nSPS) is 10.5. The zero-order chi connectivity index (χ0) is 16.2. The van der Waals surface area contributed by atoms with Crippen LogP contribution in [0, 0.1) is 0 Å². The fraction of sp³-hybridized carbons (Fsp3) is 0.118. The highest BCUT2D eigenvalue weighted by molar-refractivity contribution is 6.33. The molecule has 0 atom stereocenters. The molecule has 3 rings (SSSR count). The fourth-order valence-electron chi connectivity index (χ4n) is 2.24. The maximum absolute atomic E-state index is 12.2. The Kier molecular flexibility index (Phi) is 4.39. The fourth-order valence-corrected chi connectivity index (χ4v) is 2.46. The minimum absolute atomic E-state index is 0.206. The van der Waals surface area contributed by atoms with Gasteiger partial charge in [-0.05, 0) is 23.8 Å². The first-order valence-electron chi connectivity index (χ1n) is 7.09. The van der Waals surface area contributed by atoms with Gasteiger partial charge >= 0.3 is 0 Å². The summed E-state index contributed by atoms with van der Waals surface area (Å²) in [6.07, 6.45) is 7.20. The second-order valence-electron chi connectivity index (χ2n) is 5.15. The summed E-state index contributed by atoms with van der Waals surface area (Å²) < 4.78 is 1.74. The number of hydrogen-bond donors (Lipinski definition) is 1. The number of halogens is 1. The van der Waals surface area contributed by atoms with Gasteiger partial charge in [0.2, 0.25) is 0 Å². The maximum atomic E-state index is 12.2. The first-order valence-corrected chi connectivity index (χ1v) is 7.47. The molecule has 0 radical (unpaired) electrons. The summed E-state index contributed by atoms with van der Waals surface area (Å²) >= 11 is 6.03. The van der Waals surface area contributed by atoms with Gasteiger partial charge in [0.15, 0.2) is 0 Å². The number of nitrogens with one attached hydrogen (secondary N) is 1. The molecule has 1 N–H and O–H groups in total. The van der Waals surface area contributed by atoms with Gasteiger partial charge in [-0.15, -0.1) is 0 Å². The molecule has 0 bridgehead atoms. The van der Waals surface area contributed by atoms with Crippen molar-refractivity contribution in [2.45, 2.75) is 6.54 Å². The van der Waals surface area contributed by atoms with E-state index in [-0.39, 0.29) is 5.91 Å². The molecule has 1 amide bonds. The number of aromatic nitrogens is 3.